The van der Waals surface area contributed by atoms with Crippen molar-refractivity contribution in [1.82, 2.24) is 20.3 Å². The molecule has 0 bridgehead atoms. The number of aromatic nitrogens is 3. The van der Waals surface area contributed by atoms with Crippen molar-refractivity contribution < 1.29 is 31.3 Å². The first-order valence-electron chi connectivity index (χ1n) is 8.12. The number of carbonyl (C=O) groups is 1. The molecule has 1 fully saturated rings. The number of alkyl halides is 3. The molecular weight excluding hydrogens is 369 g/mol. The van der Waals surface area contributed by atoms with E-state index in [9.17, 15) is 18.0 Å². The number of hydrogen-bond acceptors (Lipinski definition) is 7. The lowest BCUT2D eigenvalue weighted by Crippen LogP contribution is -2.39. The van der Waals surface area contributed by atoms with E-state index in [1.54, 1.807) is 12.1 Å². The highest BCUT2D eigenvalue weighted by Gasteiger charge is 2.39. The van der Waals surface area contributed by atoms with Crippen LogP contribution < -0.4 is 0 Å². The third-order valence-electron chi connectivity index (χ3n) is 4.23. The molecule has 0 saturated carbocycles. The van der Waals surface area contributed by atoms with Crippen LogP contribution in [0.2, 0.25) is 0 Å². The monoisotopic (exact) mass is 382 g/mol. The second-order valence-corrected chi connectivity index (χ2v) is 6.09. The second kappa shape index (κ2) is 6.56. The number of furan rings is 1. The number of nitrogens with zero attached hydrogens (tertiary/aromatic N) is 4. The molecule has 8 nitrogen and oxygen atoms in total. The van der Waals surface area contributed by atoms with Gasteiger partial charge in [-0.2, -0.15) is 13.2 Å². The summed E-state index contributed by atoms with van der Waals surface area (Å²) in [5.74, 6) is -1.64. The van der Waals surface area contributed by atoms with Crippen LogP contribution in [-0.4, -0.2) is 39.3 Å². The van der Waals surface area contributed by atoms with Gasteiger partial charge in [-0.1, -0.05) is 5.16 Å². The standard InChI is InChI=1S/C16H13F3N4O4/c17-16(18,19)15-21-20-13(26-15)9-3-1-5-23(8-9)14(24)10-7-12(27-22-10)11-4-2-6-25-11/h2,4,6-7,9H,1,3,5,8H2. The van der Waals surface area contributed by atoms with Crippen molar-refractivity contribution in [3.05, 3.63) is 41.9 Å². The molecule has 0 spiro atoms. The molecule has 1 unspecified atom stereocenters. The van der Waals surface area contributed by atoms with E-state index in [0.29, 0.717) is 30.9 Å². The molecule has 1 amide bonds. The molecule has 4 heterocycles. The Hall–Kier alpha value is -3.11. The van der Waals surface area contributed by atoms with E-state index in [-0.39, 0.29) is 18.1 Å². The maximum atomic E-state index is 12.7. The number of carbonyl (C=O) groups excluding carboxylic acids is 1. The topological polar surface area (TPSA) is 98.4 Å². The van der Waals surface area contributed by atoms with Gasteiger partial charge in [-0.05, 0) is 25.0 Å². The SMILES string of the molecule is O=C(c1cc(-c2ccco2)on1)N1CCCC(c2nnc(C(F)(F)F)o2)C1. The lowest BCUT2D eigenvalue weighted by molar-refractivity contribution is -0.157. The predicted molar refractivity (Wildman–Crippen MR) is 81.4 cm³/mol. The molecule has 1 aliphatic heterocycles. The van der Waals surface area contributed by atoms with E-state index in [4.69, 9.17) is 13.4 Å². The van der Waals surface area contributed by atoms with Crippen LogP contribution in [0.3, 0.4) is 0 Å². The first-order chi connectivity index (χ1) is 12.9. The Morgan fingerprint density at radius 1 is 1.26 bits per heavy atom. The molecule has 3 aromatic rings. The minimum absolute atomic E-state index is 0.0866. The Morgan fingerprint density at radius 3 is 2.81 bits per heavy atom. The van der Waals surface area contributed by atoms with Crippen LogP contribution in [0, 0.1) is 0 Å². The van der Waals surface area contributed by atoms with Crippen molar-refractivity contribution in [1.29, 1.82) is 0 Å². The molecule has 1 atom stereocenters. The highest BCUT2D eigenvalue weighted by Crippen LogP contribution is 2.32. The summed E-state index contributed by atoms with van der Waals surface area (Å²) in [6.07, 6.45) is -2.10. The number of amides is 1. The number of halogens is 3. The fourth-order valence-electron chi connectivity index (χ4n) is 2.95. The number of rotatable bonds is 3. The Kier molecular flexibility index (Phi) is 4.21. The highest BCUT2D eigenvalue weighted by atomic mass is 19.4. The lowest BCUT2D eigenvalue weighted by Gasteiger charge is -2.30. The zero-order valence-electron chi connectivity index (χ0n) is 13.8. The first-order valence-corrected chi connectivity index (χ1v) is 8.12. The average Bonchev–Trinajstić information content (AvgIpc) is 3.41. The highest BCUT2D eigenvalue weighted by molar-refractivity contribution is 5.93. The van der Waals surface area contributed by atoms with Crippen LogP contribution >= 0.6 is 0 Å². The Labute approximate surface area is 149 Å². The molecule has 0 N–H and O–H groups in total. The maximum Gasteiger partial charge on any atom is 0.470 e. The van der Waals surface area contributed by atoms with Gasteiger partial charge >= 0.3 is 12.1 Å². The van der Waals surface area contributed by atoms with E-state index in [2.05, 4.69) is 15.4 Å². The smallest absolute Gasteiger partial charge is 0.461 e. The fourth-order valence-corrected chi connectivity index (χ4v) is 2.95. The van der Waals surface area contributed by atoms with Gasteiger partial charge in [0.15, 0.2) is 11.5 Å². The summed E-state index contributed by atoms with van der Waals surface area (Å²) >= 11 is 0. The van der Waals surface area contributed by atoms with Gasteiger partial charge in [0, 0.05) is 19.2 Å². The lowest BCUT2D eigenvalue weighted by atomic mass is 9.98. The van der Waals surface area contributed by atoms with Gasteiger partial charge in [0.2, 0.25) is 11.7 Å². The number of hydrogen-bond donors (Lipinski definition) is 0. The molecule has 1 saturated heterocycles. The van der Waals surface area contributed by atoms with Gasteiger partial charge in [0.05, 0.1) is 12.2 Å². The molecule has 3 aromatic heterocycles. The molecule has 0 aromatic carbocycles. The van der Waals surface area contributed by atoms with Crippen LogP contribution in [0.4, 0.5) is 13.2 Å². The second-order valence-electron chi connectivity index (χ2n) is 6.09. The summed E-state index contributed by atoms with van der Waals surface area (Å²) in [7, 11) is 0. The largest absolute Gasteiger partial charge is 0.470 e. The first kappa shape index (κ1) is 17.3. The molecule has 142 valence electrons. The molecular formula is C16H13F3N4O4. The van der Waals surface area contributed by atoms with Gasteiger partial charge < -0.3 is 18.3 Å². The molecule has 11 heteroatoms. The van der Waals surface area contributed by atoms with Crippen LogP contribution in [-0.2, 0) is 6.18 Å². The van der Waals surface area contributed by atoms with Crippen LogP contribution in [0.25, 0.3) is 11.5 Å². The molecule has 4 rings (SSSR count). The van der Waals surface area contributed by atoms with E-state index in [1.807, 2.05) is 0 Å². The summed E-state index contributed by atoms with van der Waals surface area (Å²) in [5, 5.41) is 10.3. The molecule has 0 radical (unpaired) electrons. The van der Waals surface area contributed by atoms with Gasteiger partial charge in [-0.25, -0.2) is 0 Å². The molecule has 0 aliphatic carbocycles. The van der Waals surface area contributed by atoms with Crippen molar-refractivity contribution in [3.63, 3.8) is 0 Å². The zero-order valence-corrected chi connectivity index (χ0v) is 13.8. The molecule has 27 heavy (non-hydrogen) atoms. The minimum atomic E-state index is -4.70. The zero-order chi connectivity index (χ0) is 19.0. The van der Waals surface area contributed by atoms with Crippen molar-refractivity contribution in [2.24, 2.45) is 0 Å². The summed E-state index contributed by atoms with van der Waals surface area (Å²) in [6, 6.07) is 4.80. The normalized spacial score (nSPS) is 18.0. The van der Waals surface area contributed by atoms with E-state index in [1.165, 1.54) is 17.2 Å². The molecule has 1 aliphatic rings. The van der Waals surface area contributed by atoms with Crippen molar-refractivity contribution in [3.8, 4) is 11.5 Å². The number of likely N-dealkylation sites (tertiary alicyclic amines) is 1. The summed E-state index contributed by atoms with van der Waals surface area (Å²) in [4.78, 5) is 14.1. The van der Waals surface area contributed by atoms with Crippen molar-refractivity contribution in [2.45, 2.75) is 24.9 Å². The average molecular weight is 382 g/mol. The summed E-state index contributed by atoms with van der Waals surface area (Å²) < 4.78 is 52.9. The predicted octanol–water partition coefficient (Wildman–Crippen LogP) is 3.36. The van der Waals surface area contributed by atoms with Crippen LogP contribution in [0.1, 0.15) is 41.0 Å². The van der Waals surface area contributed by atoms with Crippen LogP contribution in [0.5, 0.6) is 0 Å². The van der Waals surface area contributed by atoms with E-state index < -0.39 is 23.9 Å². The van der Waals surface area contributed by atoms with E-state index >= 15 is 0 Å². The fraction of sp³-hybridized carbons (Fsp3) is 0.375. The quantitative estimate of drug-likeness (QED) is 0.685. The summed E-state index contributed by atoms with van der Waals surface area (Å²) in [5.41, 5.74) is 0.0866. The maximum absolute atomic E-state index is 12.7. The van der Waals surface area contributed by atoms with Gasteiger partial charge in [0.25, 0.3) is 5.91 Å². The van der Waals surface area contributed by atoms with Gasteiger partial charge in [-0.15, -0.1) is 10.2 Å². The van der Waals surface area contributed by atoms with Gasteiger partial charge in [0.1, 0.15) is 0 Å². The third-order valence-corrected chi connectivity index (χ3v) is 4.23. The van der Waals surface area contributed by atoms with Crippen molar-refractivity contribution in [2.75, 3.05) is 13.1 Å². The van der Waals surface area contributed by atoms with E-state index in [0.717, 1.165) is 0 Å². The Balaban J connectivity index is 1.48. The van der Waals surface area contributed by atoms with Gasteiger partial charge in [-0.3, -0.25) is 4.79 Å². The third kappa shape index (κ3) is 3.44. The number of piperidine rings is 1. The van der Waals surface area contributed by atoms with Crippen LogP contribution in [0.15, 0.2) is 37.8 Å². The Morgan fingerprint density at radius 2 is 2.11 bits per heavy atom. The minimum Gasteiger partial charge on any atom is -0.461 e. The Bertz CT molecular complexity index is 932. The summed E-state index contributed by atoms with van der Waals surface area (Å²) in [6.45, 7) is 0.597. The van der Waals surface area contributed by atoms with Crippen molar-refractivity contribution >= 4 is 5.91 Å².